The number of nitrogens with one attached hydrogen (secondary N) is 1. The molecule has 1 N–H and O–H groups in total. The van der Waals surface area contributed by atoms with Crippen molar-refractivity contribution in [1.29, 1.82) is 0 Å². The molecule has 8 rings (SSSR count). The second-order valence-electron chi connectivity index (χ2n) is 10.8. The minimum atomic E-state index is -4.33. The normalized spacial score (nSPS) is 12.0. The summed E-state index contributed by atoms with van der Waals surface area (Å²) in [6, 6.07) is 33.5. The van der Waals surface area contributed by atoms with Gasteiger partial charge in [-0.15, -0.1) is 0 Å². The second kappa shape index (κ2) is 9.62. The molecule has 5 aromatic carbocycles. The number of hydrogen-bond acceptors (Lipinski definition) is 4. The molecule has 3 heterocycles. The van der Waals surface area contributed by atoms with Gasteiger partial charge in [0, 0.05) is 28.3 Å². The Hall–Kier alpha value is -4.85. The van der Waals surface area contributed by atoms with Crippen LogP contribution in [0.15, 0.2) is 108 Å². The van der Waals surface area contributed by atoms with Crippen LogP contribution in [-0.2, 0) is 10.1 Å². The predicted molar refractivity (Wildman–Crippen MR) is 168 cm³/mol. The van der Waals surface area contributed by atoms with Gasteiger partial charge < -0.3 is 4.55 Å². The fourth-order valence-electron chi connectivity index (χ4n) is 6.34. The van der Waals surface area contributed by atoms with Crippen LogP contribution in [0.3, 0.4) is 0 Å². The van der Waals surface area contributed by atoms with E-state index in [2.05, 4.69) is 94.7 Å². The lowest BCUT2D eigenvalue weighted by Gasteiger charge is -2.14. The molecule has 6 nitrogen and oxygen atoms in total. The molecule has 0 fully saturated rings. The lowest BCUT2D eigenvalue weighted by atomic mass is 9.97. The second-order valence-corrected chi connectivity index (χ2v) is 12.1. The van der Waals surface area contributed by atoms with E-state index in [1.165, 1.54) is 37.7 Å². The molecule has 0 saturated heterocycles. The molecule has 3 aromatic heterocycles. The SMILES string of the molecule is Cc1cc(C)c(S(=O)(=O)[O-])c(C)c1.c1ccc2c(c1)nc1cc[n+]3[nH]c4c5ccccc5c5ccccc5c4cc3c12. The van der Waals surface area contributed by atoms with Gasteiger partial charge in [0.2, 0.25) is 11.7 Å². The maximum atomic E-state index is 10.8. The first-order chi connectivity index (χ1) is 20.2. The van der Waals surface area contributed by atoms with Gasteiger partial charge in [-0.1, -0.05) is 88.9 Å². The molecule has 0 aliphatic carbocycles. The fourth-order valence-corrected chi connectivity index (χ4v) is 7.24. The van der Waals surface area contributed by atoms with Crippen LogP contribution < -0.4 is 4.52 Å². The quantitative estimate of drug-likeness (QED) is 0.0963. The number of hydrogen-bond donors (Lipinski definition) is 1. The molecule has 206 valence electrons. The van der Waals surface area contributed by atoms with Crippen LogP contribution in [0.5, 0.6) is 0 Å². The van der Waals surface area contributed by atoms with Crippen molar-refractivity contribution in [3.05, 3.63) is 120 Å². The minimum Gasteiger partial charge on any atom is -0.744 e. The summed E-state index contributed by atoms with van der Waals surface area (Å²) in [5, 5.41) is 12.4. The van der Waals surface area contributed by atoms with E-state index in [0.717, 1.165) is 27.6 Å². The Labute approximate surface area is 242 Å². The van der Waals surface area contributed by atoms with Gasteiger partial charge >= 0.3 is 0 Å². The van der Waals surface area contributed by atoms with Crippen molar-refractivity contribution in [2.24, 2.45) is 0 Å². The summed E-state index contributed by atoms with van der Waals surface area (Å²) in [6.07, 6.45) is 2.08. The minimum absolute atomic E-state index is 0.0851. The number of pyridine rings is 1. The van der Waals surface area contributed by atoms with Gasteiger partial charge in [-0.2, -0.15) is 5.10 Å². The summed E-state index contributed by atoms with van der Waals surface area (Å²) in [7, 11) is -4.33. The molecule has 0 amide bonds. The van der Waals surface area contributed by atoms with Crippen molar-refractivity contribution in [1.82, 2.24) is 10.1 Å². The Kier molecular flexibility index (Phi) is 5.97. The average molecular weight is 570 g/mol. The highest BCUT2D eigenvalue weighted by atomic mass is 32.2. The summed E-state index contributed by atoms with van der Waals surface area (Å²) in [5.41, 5.74) is 6.37. The van der Waals surface area contributed by atoms with Crippen LogP contribution in [0, 0.1) is 20.8 Å². The molecule has 7 heteroatoms. The van der Waals surface area contributed by atoms with Gasteiger partial charge in [-0.05, 0) is 54.1 Å². The van der Waals surface area contributed by atoms with E-state index < -0.39 is 10.1 Å². The molecule has 0 unspecified atom stereocenters. The third-order valence-corrected chi connectivity index (χ3v) is 9.05. The standard InChI is InChI=1S/C26H15N3.C9H12O3S/c1-2-9-18-16(7-1)17-8-3-4-10-19(17)26-21(18)15-24-25-20-11-5-6-12-22(20)27-23(25)13-14-29(24)28-26;1-6-4-7(2)9(8(3)5-6)13(10,11)12/h1-15H;4-5H,1-3H3,(H,10,11,12). The number of rotatable bonds is 1. The molecule has 0 radical (unpaired) electrons. The number of fused-ring (bicyclic) bond motifs is 11. The van der Waals surface area contributed by atoms with Gasteiger partial charge in [0.1, 0.15) is 15.6 Å². The van der Waals surface area contributed by atoms with E-state index in [1.54, 1.807) is 26.0 Å². The highest BCUT2D eigenvalue weighted by molar-refractivity contribution is 7.85. The highest BCUT2D eigenvalue weighted by Crippen LogP contribution is 2.35. The lowest BCUT2D eigenvalue weighted by molar-refractivity contribution is -0.576. The average Bonchev–Trinajstić information content (AvgIpc) is 3.35. The van der Waals surface area contributed by atoms with Crippen molar-refractivity contribution in [2.45, 2.75) is 25.7 Å². The Morgan fingerprint density at radius 2 is 1.21 bits per heavy atom. The number of benzene rings is 5. The van der Waals surface area contributed by atoms with E-state index in [4.69, 9.17) is 4.98 Å². The predicted octanol–water partition coefficient (Wildman–Crippen LogP) is 7.43. The van der Waals surface area contributed by atoms with Crippen molar-refractivity contribution in [3.63, 3.8) is 0 Å². The molecule has 42 heavy (non-hydrogen) atoms. The Morgan fingerprint density at radius 3 is 1.86 bits per heavy atom. The molecule has 0 aliphatic heterocycles. The van der Waals surface area contributed by atoms with E-state index in [-0.39, 0.29) is 4.90 Å². The van der Waals surface area contributed by atoms with Gasteiger partial charge in [0.15, 0.2) is 0 Å². The Balaban J connectivity index is 0.000000188. The fraction of sp³-hybridized carbons (Fsp3) is 0.0857. The van der Waals surface area contributed by atoms with Crippen molar-refractivity contribution in [2.75, 3.05) is 0 Å². The summed E-state index contributed by atoms with van der Waals surface area (Å²) in [6.45, 7) is 5.12. The van der Waals surface area contributed by atoms with E-state index in [9.17, 15) is 13.0 Å². The molecule has 0 spiro atoms. The van der Waals surface area contributed by atoms with Gasteiger partial charge in [-0.25, -0.2) is 13.4 Å². The van der Waals surface area contributed by atoms with Crippen LogP contribution >= 0.6 is 0 Å². The molecule has 8 aromatic rings. The zero-order valence-electron chi connectivity index (χ0n) is 23.3. The summed E-state index contributed by atoms with van der Waals surface area (Å²) in [4.78, 5) is 4.75. The molecular weight excluding hydrogens is 542 g/mol. The largest absolute Gasteiger partial charge is 0.744 e. The van der Waals surface area contributed by atoms with E-state index in [1.807, 2.05) is 13.0 Å². The van der Waals surface area contributed by atoms with Crippen LogP contribution in [0.4, 0.5) is 0 Å². The first-order valence-corrected chi connectivity index (χ1v) is 15.1. The topological polar surface area (TPSA) is 90.0 Å². The van der Waals surface area contributed by atoms with E-state index >= 15 is 0 Å². The van der Waals surface area contributed by atoms with E-state index in [0.29, 0.717) is 11.1 Å². The number of nitrogens with zero attached hydrogens (tertiary/aromatic N) is 2. The van der Waals surface area contributed by atoms with Crippen LogP contribution in [-0.4, -0.2) is 23.1 Å². The number of aryl methyl sites for hydroxylation is 3. The van der Waals surface area contributed by atoms with Gasteiger partial charge in [0.25, 0.3) is 0 Å². The highest BCUT2D eigenvalue weighted by Gasteiger charge is 2.18. The van der Waals surface area contributed by atoms with Crippen LogP contribution in [0.1, 0.15) is 16.7 Å². The number of para-hydroxylation sites is 1. The Bertz CT molecular complexity index is 2460. The van der Waals surface area contributed by atoms with Gasteiger partial charge in [-0.3, -0.25) is 0 Å². The zero-order valence-corrected chi connectivity index (χ0v) is 24.2. The van der Waals surface area contributed by atoms with Crippen molar-refractivity contribution >= 4 is 69.9 Å². The van der Waals surface area contributed by atoms with Crippen LogP contribution in [0.2, 0.25) is 0 Å². The number of aromatic amines is 1. The zero-order chi connectivity index (χ0) is 29.2. The first-order valence-electron chi connectivity index (χ1n) is 13.7. The lowest BCUT2D eigenvalue weighted by Crippen LogP contribution is -2.26. The summed E-state index contributed by atoms with van der Waals surface area (Å²) >= 11 is 0. The molecular formula is C35H27N3O3S. The third-order valence-electron chi connectivity index (χ3n) is 7.91. The van der Waals surface area contributed by atoms with Crippen molar-refractivity contribution in [3.8, 4) is 0 Å². The third kappa shape index (κ3) is 4.17. The maximum absolute atomic E-state index is 10.8. The molecule has 0 atom stereocenters. The first kappa shape index (κ1) is 26.1. The number of aromatic nitrogens is 3. The molecule has 0 bridgehead atoms. The molecule has 0 aliphatic rings. The number of H-pyrrole nitrogens is 1. The summed E-state index contributed by atoms with van der Waals surface area (Å²) < 4.78 is 34.6. The van der Waals surface area contributed by atoms with Crippen molar-refractivity contribution < 1.29 is 17.5 Å². The molecule has 0 saturated carbocycles. The summed E-state index contributed by atoms with van der Waals surface area (Å²) in [5.74, 6) is 0. The maximum Gasteiger partial charge on any atom is 0.246 e. The monoisotopic (exact) mass is 569 g/mol. The Morgan fingerprint density at radius 1 is 0.667 bits per heavy atom. The van der Waals surface area contributed by atoms with Gasteiger partial charge in [0.05, 0.1) is 21.3 Å². The smallest absolute Gasteiger partial charge is 0.246 e. The van der Waals surface area contributed by atoms with Crippen LogP contribution in [0.25, 0.3) is 59.8 Å².